The number of nitrogens with one attached hydrogen (secondary N) is 1. The van der Waals surface area contributed by atoms with Crippen LogP contribution in [0.3, 0.4) is 0 Å². The van der Waals surface area contributed by atoms with Crippen LogP contribution in [0.15, 0.2) is 30.3 Å². The number of benzene rings is 1. The zero-order valence-electron chi connectivity index (χ0n) is 13.2. The molecule has 1 unspecified atom stereocenters. The van der Waals surface area contributed by atoms with Crippen LogP contribution in [0.5, 0.6) is 0 Å². The predicted octanol–water partition coefficient (Wildman–Crippen LogP) is 1.02. The lowest BCUT2D eigenvalue weighted by molar-refractivity contribution is -0.130. The molecule has 2 rings (SSSR count). The molecule has 22 heavy (non-hydrogen) atoms. The number of aliphatic hydroxyl groups excluding tert-OH is 1. The van der Waals surface area contributed by atoms with Crippen LogP contribution in [0.1, 0.15) is 18.4 Å². The van der Waals surface area contributed by atoms with Gasteiger partial charge in [0.15, 0.2) is 0 Å². The second-order valence-corrected chi connectivity index (χ2v) is 6.00. The van der Waals surface area contributed by atoms with Crippen LogP contribution in [0.4, 0.5) is 0 Å². The van der Waals surface area contributed by atoms with Crippen LogP contribution in [0, 0.1) is 5.92 Å². The number of ether oxygens (including phenoxy) is 1. The molecule has 0 bridgehead atoms. The summed E-state index contributed by atoms with van der Waals surface area (Å²) in [6, 6.07) is 9.82. The monoisotopic (exact) mass is 306 g/mol. The smallest absolute Gasteiger partial charge is 0.236 e. The predicted molar refractivity (Wildman–Crippen MR) is 85.3 cm³/mol. The number of hydrogen-bond donors (Lipinski definition) is 2. The maximum Gasteiger partial charge on any atom is 0.236 e. The highest BCUT2D eigenvalue weighted by Gasteiger charge is 2.21. The van der Waals surface area contributed by atoms with Crippen molar-refractivity contribution in [1.29, 1.82) is 0 Å². The molecule has 1 amide bonds. The molecule has 5 heteroatoms. The number of carbonyl (C=O) groups is 1. The van der Waals surface area contributed by atoms with E-state index < -0.39 is 6.10 Å². The van der Waals surface area contributed by atoms with Crippen molar-refractivity contribution in [3.05, 3.63) is 35.9 Å². The minimum Gasteiger partial charge on any atom is -0.389 e. The van der Waals surface area contributed by atoms with Crippen molar-refractivity contribution in [2.75, 3.05) is 33.3 Å². The molecule has 0 aromatic heterocycles. The molecule has 1 fully saturated rings. The standard InChI is InChI=1S/C17H26N2O3/c1-19(17(21)10-18-9-14-7-8-14)11-16(20)13-22-12-15-5-3-2-4-6-15/h2-6,14,16,18,20H,7-13H2,1H3. The van der Waals surface area contributed by atoms with E-state index in [1.807, 2.05) is 30.3 Å². The highest BCUT2D eigenvalue weighted by atomic mass is 16.5. The van der Waals surface area contributed by atoms with E-state index in [2.05, 4.69) is 5.32 Å². The van der Waals surface area contributed by atoms with Gasteiger partial charge < -0.3 is 20.1 Å². The van der Waals surface area contributed by atoms with E-state index in [0.717, 1.165) is 18.0 Å². The molecule has 0 spiro atoms. The highest BCUT2D eigenvalue weighted by molar-refractivity contribution is 5.77. The van der Waals surface area contributed by atoms with Gasteiger partial charge in [0.2, 0.25) is 5.91 Å². The molecule has 0 saturated heterocycles. The van der Waals surface area contributed by atoms with Crippen molar-refractivity contribution in [2.24, 2.45) is 5.92 Å². The molecule has 0 aliphatic heterocycles. The third kappa shape index (κ3) is 6.56. The molecule has 1 saturated carbocycles. The molecule has 1 aromatic rings. The van der Waals surface area contributed by atoms with Crippen molar-refractivity contribution >= 4 is 5.91 Å². The van der Waals surface area contributed by atoms with Crippen LogP contribution < -0.4 is 5.32 Å². The van der Waals surface area contributed by atoms with E-state index in [1.165, 1.54) is 12.8 Å². The van der Waals surface area contributed by atoms with Gasteiger partial charge in [0.1, 0.15) is 0 Å². The Bertz CT molecular complexity index is 448. The van der Waals surface area contributed by atoms with Gasteiger partial charge in [-0.15, -0.1) is 0 Å². The molecule has 1 atom stereocenters. The quantitative estimate of drug-likeness (QED) is 0.677. The van der Waals surface area contributed by atoms with Crippen LogP contribution in [-0.4, -0.2) is 55.3 Å². The number of nitrogens with zero attached hydrogens (tertiary/aromatic N) is 1. The fourth-order valence-electron chi connectivity index (χ4n) is 2.20. The van der Waals surface area contributed by atoms with Gasteiger partial charge in [-0.25, -0.2) is 0 Å². The molecule has 0 heterocycles. The molecular formula is C17H26N2O3. The maximum absolute atomic E-state index is 11.9. The zero-order chi connectivity index (χ0) is 15.8. The summed E-state index contributed by atoms with van der Waals surface area (Å²) in [4.78, 5) is 13.4. The van der Waals surface area contributed by atoms with E-state index in [-0.39, 0.29) is 12.5 Å². The Morgan fingerprint density at radius 3 is 2.82 bits per heavy atom. The summed E-state index contributed by atoms with van der Waals surface area (Å²) in [5.74, 6) is 0.762. The van der Waals surface area contributed by atoms with E-state index in [9.17, 15) is 9.90 Å². The fraction of sp³-hybridized carbons (Fsp3) is 0.588. The normalized spacial score (nSPS) is 15.5. The highest BCUT2D eigenvalue weighted by Crippen LogP contribution is 2.27. The van der Waals surface area contributed by atoms with Crippen LogP contribution in [0.2, 0.25) is 0 Å². The molecule has 2 N–H and O–H groups in total. The van der Waals surface area contributed by atoms with Crippen molar-refractivity contribution in [3.63, 3.8) is 0 Å². The number of carbonyl (C=O) groups excluding carboxylic acids is 1. The Morgan fingerprint density at radius 2 is 2.14 bits per heavy atom. The largest absolute Gasteiger partial charge is 0.389 e. The Morgan fingerprint density at radius 1 is 1.41 bits per heavy atom. The molecule has 1 aliphatic carbocycles. The first-order valence-corrected chi connectivity index (χ1v) is 7.89. The van der Waals surface area contributed by atoms with Crippen LogP contribution in [-0.2, 0) is 16.1 Å². The second kappa shape index (κ2) is 8.88. The van der Waals surface area contributed by atoms with Crippen molar-refractivity contribution < 1.29 is 14.6 Å². The molecule has 1 aliphatic rings. The first kappa shape index (κ1) is 16.9. The SMILES string of the molecule is CN(CC(O)COCc1ccccc1)C(=O)CNCC1CC1. The average molecular weight is 306 g/mol. The van der Waals surface area contributed by atoms with Crippen molar-refractivity contribution in [3.8, 4) is 0 Å². The van der Waals surface area contributed by atoms with Gasteiger partial charge in [0, 0.05) is 13.6 Å². The summed E-state index contributed by atoms with van der Waals surface area (Å²) in [5.41, 5.74) is 1.07. The number of rotatable bonds is 10. The topological polar surface area (TPSA) is 61.8 Å². The van der Waals surface area contributed by atoms with Crippen LogP contribution in [0.25, 0.3) is 0 Å². The van der Waals surface area contributed by atoms with E-state index in [0.29, 0.717) is 19.7 Å². The summed E-state index contributed by atoms with van der Waals surface area (Å²) < 4.78 is 5.48. The summed E-state index contributed by atoms with van der Waals surface area (Å²) in [6.45, 7) is 2.24. The zero-order valence-corrected chi connectivity index (χ0v) is 13.2. The third-order valence-electron chi connectivity index (χ3n) is 3.74. The number of hydrogen-bond acceptors (Lipinski definition) is 4. The summed E-state index contributed by atoms with van der Waals surface area (Å²) in [7, 11) is 1.71. The van der Waals surface area contributed by atoms with Crippen LogP contribution >= 0.6 is 0 Å². The average Bonchev–Trinajstić information content (AvgIpc) is 3.32. The van der Waals surface area contributed by atoms with E-state index in [1.54, 1.807) is 11.9 Å². The van der Waals surface area contributed by atoms with Gasteiger partial charge in [-0.3, -0.25) is 4.79 Å². The Labute approximate surface area is 132 Å². The van der Waals surface area contributed by atoms with Gasteiger partial charge in [-0.05, 0) is 30.9 Å². The number of amides is 1. The lowest BCUT2D eigenvalue weighted by atomic mass is 10.2. The third-order valence-corrected chi connectivity index (χ3v) is 3.74. The second-order valence-electron chi connectivity index (χ2n) is 6.00. The van der Waals surface area contributed by atoms with Gasteiger partial charge in [0.05, 0.1) is 25.9 Å². The van der Waals surface area contributed by atoms with Gasteiger partial charge >= 0.3 is 0 Å². The van der Waals surface area contributed by atoms with Crippen molar-refractivity contribution in [1.82, 2.24) is 10.2 Å². The van der Waals surface area contributed by atoms with Gasteiger partial charge in [0.25, 0.3) is 0 Å². The van der Waals surface area contributed by atoms with E-state index in [4.69, 9.17) is 4.74 Å². The first-order chi connectivity index (χ1) is 10.6. The Hall–Kier alpha value is -1.43. The first-order valence-electron chi connectivity index (χ1n) is 7.89. The Balaban J connectivity index is 1.56. The number of likely N-dealkylation sites (N-methyl/N-ethyl adjacent to an activating group) is 1. The molecule has 1 aromatic carbocycles. The molecule has 0 radical (unpaired) electrons. The van der Waals surface area contributed by atoms with Gasteiger partial charge in [-0.2, -0.15) is 0 Å². The Kier molecular flexibility index (Phi) is 6.83. The minimum absolute atomic E-state index is 0.00255. The van der Waals surface area contributed by atoms with Gasteiger partial charge in [-0.1, -0.05) is 30.3 Å². The van der Waals surface area contributed by atoms with Crippen molar-refractivity contribution in [2.45, 2.75) is 25.6 Å². The lowest BCUT2D eigenvalue weighted by Gasteiger charge is -2.21. The fourth-order valence-corrected chi connectivity index (χ4v) is 2.20. The summed E-state index contributed by atoms with van der Waals surface area (Å²) in [6.07, 6.45) is 1.88. The number of aliphatic hydroxyl groups is 1. The lowest BCUT2D eigenvalue weighted by Crippen LogP contribution is -2.41. The molecular weight excluding hydrogens is 280 g/mol. The minimum atomic E-state index is -0.666. The van der Waals surface area contributed by atoms with E-state index >= 15 is 0 Å². The summed E-state index contributed by atoms with van der Waals surface area (Å²) in [5, 5.41) is 13.1. The maximum atomic E-state index is 11.9. The molecule has 122 valence electrons. The summed E-state index contributed by atoms with van der Waals surface area (Å²) >= 11 is 0. The molecule has 5 nitrogen and oxygen atoms in total.